The SMILES string of the molecule is COc1ccc(CN2C(=O)C(=O)/C(=C(\O)c3ccc(Cl)c(OC)c3)C2c2ccc(OC)c(OC)c2)cc1. The summed E-state index contributed by atoms with van der Waals surface area (Å²) in [6.07, 6.45) is 0. The van der Waals surface area contributed by atoms with Gasteiger partial charge in [-0.15, -0.1) is 0 Å². The number of ether oxygens (including phenoxy) is 4. The topological polar surface area (TPSA) is 94.5 Å². The van der Waals surface area contributed by atoms with Crippen molar-refractivity contribution in [1.82, 2.24) is 4.90 Å². The van der Waals surface area contributed by atoms with E-state index in [4.69, 9.17) is 30.5 Å². The molecule has 1 N–H and O–H groups in total. The van der Waals surface area contributed by atoms with Crippen LogP contribution in [0, 0.1) is 0 Å². The number of Topliss-reactive ketones (excluding diaryl/α,β-unsaturated/α-hetero) is 1. The van der Waals surface area contributed by atoms with Gasteiger partial charge in [0, 0.05) is 12.1 Å². The van der Waals surface area contributed by atoms with Crippen LogP contribution in [0.5, 0.6) is 23.0 Å². The van der Waals surface area contributed by atoms with Crippen LogP contribution in [0.15, 0.2) is 66.2 Å². The van der Waals surface area contributed by atoms with Crippen molar-refractivity contribution < 1.29 is 33.6 Å². The molecule has 0 aromatic heterocycles. The molecule has 0 bridgehead atoms. The lowest BCUT2D eigenvalue weighted by Gasteiger charge is -2.26. The molecule has 1 heterocycles. The minimum absolute atomic E-state index is 0.0601. The smallest absolute Gasteiger partial charge is 0.295 e. The van der Waals surface area contributed by atoms with Gasteiger partial charge in [0.1, 0.15) is 17.3 Å². The zero-order valence-corrected chi connectivity index (χ0v) is 21.5. The summed E-state index contributed by atoms with van der Waals surface area (Å²) in [5.41, 5.74) is 1.57. The monoisotopic (exact) mass is 523 g/mol. The number of amides is 1. The van der Waals surface area contributed by atoms with Gasteiger partial charge in [-0.1, -0.05) is 29.8 Å². The predicted octanol–water partition coefficient (Wildman–Crippen LogP) is 5.00. The van der Waals surface area contributed by atoms with E-state index in [-0.39, 0.29) is 23.4 Å². The van der Waals surface area contributed by atoms with Crippen molar-refractivity contribution in [3.63, 3.8) is 0 Å². The summed E-state index contributed by atoms with van der Waals surface area (Å²) in [6, 6.07) is 16.0. The fourth-order valence-electron chi connectivity index (χ4n) is 4.30. The van der Waals surface area contributed by atoms with Crippen LogP contribution in [0.4, 0.5) is 0 Å². The van der Waals surface area contributed by atoms with E-state index in [0.717, 1.165) is 5.56 Å². The molecule has 4 rings (SSSR count). The highest BCUT2D eigenvalue weighted by molar-refractivity contribution is 6.46. The maximum atomic E-state index is 13.4. The molecule has 1 fully saturated rings. The first-order chi connectivity index (χ1) is 17.8. The quantitative estimate of drug-likeness (QED) is 0.252. The van der Waals surface area contributed by atoms with Gasteiger partial charge in [0.25, 0.3) is 11.7 Å². The van der Waals surface area contributed by atoms with Crippen molar-refractivity contribution in [2.75, 3.05) is 28.4 Å². The Labute approximate surface area is 219 Å². The average molecular weight is 524 g/mol. The van der Waals surface area contributed by atoms with Crippen LogP contribution in [0.3, 0.4) is 0 Å². The molecule has 1 unspecified atom stereocenters. The largest absolute Gasteiger partial charge is 0.507 e. The van der Waals surface area contributed by atoms with Crippen LogP contribution in [0.25, 0.3) is 5.76 Å². The number of nitrogens with zero attached hydrogens (tertiary/aromatic N) is 1. The van der Waals surface area contributed by atoms with Crippen molar-refractivity contribution >= 4 is 29.1 Å². The molecule has 8 nitrogen and oxygen atoms in total. The second-order valence-electron chi connectivity index (χ2n) is 8.24. The molecule has 37 heavy (non-hydrogen) atoms. The van der Waals surface area contributed by atoms with Crippen LogP contribution in [0.1, 0.15) is 22.7 Å². The third-order valence-corrected chi connectivity index (χ3v) is 6.51. The standard InChI is InChI=1S/C28H26ClNO7/c1-34-19-9-5-16(6-10-19)15-30-25(17-8-12-21(35-2)23(13-17)37-4)24(27(32)28(30)33)26(31)18-7-11-20(29)22(14-18)36-3/h5-14,25,31H,15H2,1-4H3/b26-24-. The number of ketones is 1. The van der Waals surface area contributed by atoms with Gasteiger partial charge >= 0.3 is 0 Å². The number of aliphatic hydroxyl groups is 1. The molecule has 3 aromatic carbocycles. The van der Waals surface area contributed by atoms with E-state index < -0.39 is 17.7 Å². The third kappa shape index (κ3) is 4.93. The Hall–Kier alpha value is -4.17. The molecule has 192 valence electrons. The number of benzene rings is 3. The van der Waals surface area contributed by atoms with E-state index in [2.05, 4.69) is 0 Å². The second-order valence-corrected chi connectivity index (χ2v) is 8.65. The summed E-state index contributed by atoms with van der Waals surface area (Å²) >= 11 is 6.15. The molecule has 0 radical (unpaired) electrons. The molecule has 1 amide bonds. The van der Waals surface area contributed by atoms with E-state index in [1.54, 1.807) is 49.6 Å². The van der Waals surface area contributed by atoms with Gasteiger partial charge in [0.2, 0.25) is 0 Å². The average Bonchev–Trinajstić information content (AvgIpc) is 3.17. The summed E-state index contributed by atoms with van der Waals surface area (Å²) in [5.74, 6) is 0.00638. The number of likely N-dealkylation sites (tertiary alicyclic amines) is 1. The van der Waals surface area contributed by atoms with Gasteiger partial charge in [-0.3, -0.25) is 9.59 Å². The second kappa shape index (κ2) is 10.8. The summed E-state index contributed by atoms with van der Waals surface area (Å²) in [5, 5.41) is 11.7. The predicted molar refractivity (Wildman–Crippen MR) is 138 cm³/mol. The molecular weight excluding hydrogens is 498 g/mol. The summed E-state index contributed by atoms with van der Waals surface area (Å²) in [4.78, 5) is 28.1. The normalized spacial score (nSPS) is 16.6. The Morgan fingerprint density at radius 1 is 0.838 bits per heavy atom. The van der Waals surface area contributed by atoms with E-state index in [9.17, 15) is 14.7 Å². The summed E-state index contributed by atoms with van der Waals surface area (Å²) in [7, 11) is 6.02. The first-order valence-electron chi connectivity index (χ1n) is 11.3. The van der Waals surface area contributed by atoms with Gasteiger partial charge in [-0.25, -0.2) is 0 Å². The number of aliphatic hydroxyl groups excluding tert-OH is 1. The molecule has 9 heteroatoms. The molecule has 1 atom stereocenters. The Balaban J connectivity index is 1.88. The lowest BCUT2D eigenvalue weighted by atomic mass is 9.94. The van der Waals surface area contributed by atoms with Crippen LogP contribution in [0.2, 0.25) is 5.02 Å². The number of halogens is 1. The van der Waals surface area contributed by atoms with E-state index in [0.29, 0.717) is 33.6 Å². The fourth-order valence-corrected chi connectivity index (χ4v) is 4.50. The van der Waals surface area contributed by atoms with Crippen LogP contribution < -0.4 is 18.9 Å². The summed E-state index contributed by atoms with van der Waals surface area (Å²) < 4.78 is 21.3. The number of methoxy groups -OCH3 is 4. The van der Waals surface area contributed by atoms with Crippen molar-refractivity contribution in [2.24, 2.45) is 0 Å². The van der Waals surface area contributed by atoms with Gasteiger partial charge in [-0.2, -0.15) is 0 Å². The molecule has 3 aromatic rings. The zero-order chi connectivity index (χ0) is 26.7. The minimum Gasteiger partial charge on any atom is -0.507 e. The van der Waals surface area contributed by atoms with Crippen LogP contribution in [-0.2, 0) is 16.1 Å². The molecular formula is C28H26ClNO7. The number of hydrogen-bond acceptors (Lipinski definition) is 7. The van der Waals surface area contributed by atoms with E-state index in [1.807, 2.05) is 12.1 Å². The zero-order valence-electron chi connectivity index (χ0n) is 20.8. The lowest BCUT2D eigenvalue weighted by Crippen LogP contribution is -2.29. The summed E-state index contributed by atoms with van der Waals surface area (Å²) in [6.45, 7) is 0.119. The molecule has 0 spiro atoms. The first kappa shape index (κ1) is 25.9. The first-order valence-corrected chi connectivity index (χ1v) is 11.7. The van der Waals surface area contributed by atoms with Gasteiger partial charge < -0.3 is 29.0 Å². The van der Waals surface area contributed by atoms with Crippen molar-refractivity contribution in [3.8, 4) is 23.0 Å². The molecule has 0 aliphatic carbocycles. The van der Waals surface area contributed by atoms with Crippen LogP contribution >= 0.6 is 11.6 Å². The number of hydrogen-bond donors (Lipinski definition) is 1. The Morgan fingerprint density at radius 2 is 1.51 bits per heavy atom. The highest BCUT2D eigenvalue weighted by atomic mass is 35.5. The maximum absolute atomic E-state index is 13.4. The Morgan fingerprint density at radius 3 is 2.14 bits per heavy atom. The van der Waals surface area contributed by atoms with Crippen molar-refractivity contribution in [1.29, 1.82) is 0 Å². The minimum atomic E-state index is -0.899. The van der Waals surface area contributed by atoms with Gasteiger partial charge in [0.05, 0.1) is 45.1 Å². The Kier molecular flexibility index (Phi) is 7.59. The highest BCUT2D eigenvalue weighted by Crippen LogP contribution is 2.43. The van der Waals surface area contributed by atoms with Crippen molar-refractivity contribution in [3.05, 3.63) is 87.9 Å². The van der Waals surface area contributed by atoms with Crippen LogP contribution in [-0.4, -0.2) is 50.1 Å². The van der Waals surface area contributed by atoms with Gasteiger partial charge in [-0.05, 0) is 53.6 Å². The van der Waals surface area contributed by atoms with Crippen molar-refractivity contribution in [2.45, 2.75) is 12.6 Å². The highest BCUT2D eigenvalue weighted by Gasteiger charge is 2.46. The lowest BCUT2D eigenvalue weighted by molar-refractivity contribution is -0.140. The van der Waals surface area contributed by atoms with Gasteiger partial charge in [0.15, 0.2) is 11.5 Å². The molecule has 1 aliphatic heterocycles. The molecule has 1 saturated heterocycles. The van der Waals surface area contributed by atoms with E-state index >= 15 is 0 Å². The number of rotatable bonds is 8. The third-order valence-electron chi connectivity index (χ3n) is 6.20. The maximum Gasteiger partial charge on any atom is 0.295 e. The fraction of sp³-hybridized carbons (Fsp3) is 0.214. The van der Waals surface area contributed by atoms with E-state index in [1.165, 1.54) is 32.3 Å². The molecule has 1 aliphatic rings. The number of carbonyl (C=O) groups excluding carboxylic acids is 2. The molecule has 0 saturated carbocycles. The Bertz CT molecular complexity index is 1370. The number of carbonyl (C=O) groups is 2.